The lowest BCUT2D eigenvalue weighted by atomic mass is 9.56. The average molecular weight is 238 g/mol. The summed E-state index contributed by atoms with van der Waals surface area (Å²) in [5, 5.41) is 21.7. The monoisotopic (exact) mass is 238 g/mol. The van der Waals surface area contributed by atoms with Crippen LogP contribution in [0.2, 0.25) is 0 Å². The molecule has 1 spiro atoms. The van der Waals surface area contributed by atoms with Crippen molar-refractivity contribution in [2.75, 3.05) is 0 Å². The number of rotatable bonds is 0. The molecule has 3 rings (SSSR count). The van der Waals surface area contributed by atoms with E-state index >= 15 is 0 Å². The summed E-state index contributed by atoms with van der Waals surface area (Å²) in [6.07, 6.45) is 4.09. The van der Waals surface area contributed by atoms with Crippen LogP contribution in [0, 0.1) is 28.6 Å². The van der Waals surface area contributed by atoms with Crippen LogP contribution in [0.5, 0.6) is 0 Å². The quantitative estimate of drug-likeness (QED) is 0.681. The van der Waals surface area contributed by atoms with Gasteiger partial charge in [0.25, 0.3) is 0 Å². The standard InChI is InChI=1S/C15H26O2/c1-9-7-10-5-6-15(14(10,4)17)8-13(2,3)12(16)11(9)15/h9-12,16-17H,5-8H2,1-4H3/t9-,10-,11+,12-,14-,15-/m0/s1. The highest BCUT2D eigenvalue weighted by Crippen LogP contribution is 2.71. The molecular formula is C15H26O2. The van der Waals surface area contributed by atoms with E-state index in [9.17, 15) is 10.2 Å². The highest BCUT2D eigenvalue weighted by Gasteiger charge is 2.71. The van der Waals surface area contributed by atoms with Crippen LogP contribution in [0.1, 0.15) is 53.4 Å². The van der Waals surface area contributed by atoms with Crippen molar-refractivity contribution in [3.63, 3.8) is 0 Å². The average Bonchev–Trinajstić information content (AvgIpc) is 2.49. The predicted octanol–water partition coefficient (Wildman–Crippen LogP) is 2.58. The smallest absolute Gasteiger partial charge is 0.0707 e. The first-order valence-electron chi connectivity index (χ1n) is 7.13. The molecule has 0 aromatic heterocycles. The Morgan fingerprint density at radius 2 is 1.82 bits per heavy atom. The van der Waals surface area contributed by atoms with Gasteiger partial charge in [0.1, 0.15) is 0 Å². The van der Waals surface area contributed by atoms with Crippen LogP contribution in [0.25, 0.3) is 0 Å². The van der Waals surface area contributed by atoms with Crippen molar-refractivity contribution in [3.05, 3.63) is 0 Å². The molecule has 3 saturated carbocycles. The molecule has 3 aliphatic rings. The third-order valence-corrected chi connectivity index (χ3v) is 6.56. The summed E-state index contributed by atoms with van der Waals surface area (Å²) >= 11 is 0. The second kappa shape index (κ2) is 3.08. The highest BCUT2D eigenvalue weighted by molar-refractivity contribution is 5.20. The van der Waals surface area contributed by atoms with Gasteiger partial charge in [-0.05, 0) is 55.8 Å². The zero-order valence-corrected chi connectivity index (χ0v) is 11.5. The Bertz CT molecular complexity index is 347. The van der Waals surface area contributed by atoms with E-state index in [4.69, 9.17) is 0 Å². The molecule has 3 fully saturated rings. The Labute approximate surface area is 104 Å². The largest absolute Gasteiger partial charge is 0.392 e. The van der Waals surface area contributed by atoms with Crippen LogP contribution >= 0.6 is 0 Å². The Balaban J connectivity index is 2.12. The van der Waals surface area contributed by atoms with Gasteiger partial charge in [-0.15, -0.1) is 0 Å². The third-order valence-electron chi connectivity index (χ3n) is 6.56. The van der Waals surface area contributed by atoms with Crippen molar-refractivity contribution in [3.8, 4) is 0 Å². The van der Waals surface area contributed by atoms with Gasteiger partial charge >= 0.3 is 0 Å². The van der Waals surface area contributed by atoms with Crippen LogP contribution in [-0.2, 0) is 0 Å². The molecule has 2 heteroatoms. The van der Waals surface area contributed by atoms with Crippen molar-refractivity contribution in [2.24, 2.45) is 28.6 Å². The Morgan fingerprint density at radius 1 is 1.18 bits per heavy atom. The van der Waals surface area contributed by atoms with Gasteiger partial charge in [0.2, 0.25) is 0 Å². The van der Waals surface area contributed by atoms with Crippen LogP contribution in [0.15, 0.2) is 0 Å². The molecule has 0 unspecified atom stereocenters. The third kappa shape index (κ3) is 1.19. The van der Waals surface area contributed by atoms with Crippen LogP contribution in [0.3, 0.4) is 0 Å². The SMILES string of the molecule is C[C@H]1C[C@@H]2CC[C@@]3(CC(C)(C)[C@@H](O)[C@@H]13)[C@@]2(C)O. The summed E-state index contributed by atoms with van der Waals surface area (Å²) in [4.78, 5) is 0. The van der Waals surface area contributed by atoms with Crippen molar-refractivity contribution in [1.82, 2.24) is 0 Å². The maximum atomic E-state index is 11.0. The van der Waals surface area contributed by atoms with Gasteiger partial charge in [0, 0.05) is 5.41 Å². The summed E-state index contributed by atoms with van der Waals surface area (Å²) in [5.74, 6) is 1.31. The van der Waals surface area contributed by atoms with Gasteiger partial charge < -0.3 is 10.2 Å². The Kier molecular flexibility index (Phi) is 2.17. The van der Waals surface area contributed by atoms with E-state index in [1.165, 1.54) is 0 Å². The maximum Gasteiger partial charge on any atom is 0.0707 e. The number of fused-ring (bicyclic) bond motifs is 1. The Morgan fingerprint density at radius 3 is 2.47 bits per heavy atom. The minimum atomic E-state index is -0.557. The summed E-state index contributed by atoms with van der Waals surface area (Å²) in [6, 6.07) is 0. The molecule has 17 heavy (non-hydrogen) atoms. The van der Waals surface area contributed by atoms with Crippen molar-refractivity contribution >= 4 is 0 Å². The normalized spacial score (nSPS) is 60.4. The number of hydrogen-bond acceptors (Lipinski definition) is 2. The van der Waals surface area contributed by atoms with E-state index in [1.807, 2.05) is 6.92 Å². The van der Waals surface area contributed by atoms with Crippen molar-refractivity contribution < 1.29 is 10.2 Å². The van der Waals surface area contributed by atoms with Gasteiger partial charge in [-0.2, -0.15) is 0 Å². The molecule has 98 valence electrons. The van der Waals surface area contributed by atoms with Crippen molar-refractivity contribution in [1.29, 1.82) is 0 Å². The fourth-order valence-electron chi connectivity index (χ4n) is 5.77. The minimum Gasteiger partial charge on any atom is -0.392 e. The lowest BCUT2D eigenvalue weighted by Crippen LogP contribution is -2.55. The van der Waals surface area contributed by atoms with E-state index in [0.717, 1.165) is 25.7 Å². The van der Waals surface area contributed by atoms with Crippen molar-refractivity contribution in [2.45, 2.75) is 65.1 Å². The number of hydrogen-bond donors (Lipinski definition) is 2. The second-order valence-electron chi connectivity index (χ2n) is 7.89. The van der Waals surface area contributed by atoms with Gasteiger partial charge in [-0.1, -0.05) is 20.8 Å². The van der Waals surface area contributed by atoms with E-state index in [0.29, 0.717) is 17.8 Å². The number of aliphatic hydroxyl groups excluding tert-OH is 1. The summed E-state index contributed by atoms with van der Waals surface area (Å²) in [6.45, 7) is 8.65. The molecule has 0 amide bonds. The molecule has 2 N–H and O–H groups in total. The predicted molar refractivity (Wildman–Crippen MR) is 67.5 cm³/mol. The second-order valence-corrected chi connectivity index (χ2v) is 7.89. The molecule has 0 radical (unpaired) electrons. The molecule has 3 aliphatic carbocycles. The lowest BCUT2D eigenvalue weighted by molar-refractivity contribution is -0.150. The topological polar surface area (TPSA) is 40.5 Å². The molecule has 0 aliphatic heterocycles. The van der Waals surface area contributed by atoms with E-state index < -0.39 is 5.60 Å². The van der Waals surface area contributed by atoms with E-state index in [2.05, 4.69) is 20.8 Å². The maximum absolute atomic E-state index is 11.0. The first-order chi connectivity index (χ1) is 7.72. The molecule has 0 saturated heterocycles. The van der Waals surface area contributed by atoms with Crippen LogP contribution < -0.4 is 0 Å². The lowest BCUT2D eigenvalue weighted by Gasteiger charge is -2.51. The number of aliphatic hydroxyl groups is 2. The zero-order valence-electron chi connectivity index (χ0n) is 11.5. The Hall–Kier alpha value is -0.0800. The van der Waals surface area contributed by atoms with Gasteiger partial charge in [0.05, 0.1) is 11.7 Å². The fraction of sp³-hybridized carbons (Fsp3) is 1.00. The van der Waals surface area contributed by atoms with Crippen LogP contribution in [-0.4, -0.2) is 21.9 Å². The van der Waals surface area contributed by atoms with E-state index in [-0.39, 0.29) is 16.9 Å². The van der Waals surface area contributed by atoms with Gasteiger partial charge in [-0.3, -0.25) is 0 Å². The summed E-state index contributed by atoms with van der Waals surface area (Å²) < 4.78 is 0. The van der Waals surface area contributed by atoms with Crippen LogP contribution in [0.4, 0.5) is 0 Å². The minimum absolute atomic E-state index is 0.0156. The van der Waals surface area contributed by atoms with Gasteiger partial charge in [-0.25, -0.2) is 0 Å². The first kappa shape index (κ1) is 12.0. The van der Waals surface area contributed by atoms with E-state index in [1.54, 1.807) is 0 Å². The molecule has 0 aromatic carbocycles. The van der Waals surface area contributed by atoms with Gasteiger partial charge in [0.15, 0.2) is 0 Å². The molecule has 0 heterocycles. The highest BCUT2D eigenvalue weighted by atomic mass is 16.3. The molecular weight excluding hydrogens is 212 g/mol. The molecule has 2 nitrogen and oxygen atoms in total. The summed E-state index contributed by atoms with van der Waals surface area (Å²) in [7, 11) is 0. The first-order valence-corrected chi connectivity index (χ1v) is 7.13. The molecule has 0 aromatic rings. The molecule has 6 atom stereocenters. The molecule has 2 bridgehead atoms. The fourth-order valence-corrected chi connectivity index (χ4v) is 5.77. The zero-order chi connectivity index (χ0) is 12.6. The summed E-state index contributed by atoms with van der Waals surface area (Å²) in [5.41, 5.74) is -0.612.